The molecule has 1 heterocycles. The summed E-state index contributed by atoms with van der Waals surface area (Å²) in [6, 6.07) is 8.07. The second-order valence-electron chi connectivity index (χ2n) is 2.48. The van der Waals surface area contributed by atoms with Crippen molar-refractivity contribution in [1.82, 2.24) is 5.32 Å². The average Bonchev–Trinajstić information content (AvgIpc) is 2.47. The van der Waals surface area contributed by atoms with Crippen LogP contribution in [0.4, 0.5) is 0 Å². The van der Waals surface area contributed by atoms with Crippen molar-refractivity contribution < 1.29 is 4.74 Å². The molecule has 1 aromatic rings. The number of nitrogens with one attached hydrogen (secondary N) is 1. The predicted octanol–water partition coefficient (Wildman–Crippen LogP) is 1.38. The van der Waals surface area contributed by atoms with Crippen molar-refractivity contribution in [2.45, 2.75) is 6.04 Å². The number of likely N-dealkylation sites (N-methyl/N-ethyl adjacent to an activating group) is 1. The number of hydrogen-bond donors (Lipinski definition) is 1. The van der Waals surface area contributed by atoms with E-state index in [0.29, 0.717) is 0 Å². The Morgan fingerprint density at radius 3 is 3.09 bits per heavy atom. The average molecular weight is 147 g/mol. The molecule has 2 radical (unpaired) electrons. The maximum absolute atomic E-state index is 5.19. The molecular formula is C9H9NO. The van der Waals surface area contributed by atoms with E-state index in [-0.39, 0.29) is 6.04 Å². The zero-order chi connectivity index (χ0) is 7.68. The van der Waals surface area contributed by atoms with E-state index in [0.717, 1.165) is 11.3 Å². The topological polar surface area (TPSA) is 21.3 Å². The molecule has 0 saturated carbocycles. The number of hydrogen-bond acceptors (Lipinski definition) is 2. The van der Waals surface area contributed by atoms with E-state index in [4.69, 9.17) is 4.74 Å². The Balaban J connectivity index is 2.39. The van der Waals surface area contributed by atoms with Gasteiger partial charge in [0.15, 0.2) is 0 Å². The molecule has 0 aromatic heterocycles. The molecule has 1 unspecified atom stereocenters. The highest BCUT2D eigenvalue weighted by molar-refractivity contribution is 5.40. The minimum absolute atomic E-state index is 0.131. The molecule has 0 bridgehead atoms. The maximum atomic E-state index is 5.19. The second-order valence-corrected chi connectivity index (χ2v) is 2.48. The van der Waals surface area contributed by atoms with E-state index in [1.807, 2.05) is 31.3 Å². The first-order chi connectivity index (χ1) is 5.42. The second kappa shape index (κ2) is 2.55. The summed E-state index contributed by atoms with van der Waals surface area (Å²) in [4.78, 5) is 0. The molecule has 0 amide bonds. The third kappa shape index (κ3) is 0.994. The van der Waals surface area contributed by atoms with E-state index in [1.165, 1.54) is 0 Å². The van der Waals surface area contributed by atoms with Gasteiger partial charge in [-0.3, -0.25) is 0 Å². The van der Waals surface area contributed by atoms with Crippen LogP contribution < -0.4 is 10.1 Å². The summed E-state index contributed by atoms with van der Waals surface area (Å²) in [6.45, 7) is 2.86. The Hall–Kier alpha value is -1.02. The van der Waals surface area contributed by atoms with Gasteiger partial charge in [-0.15, -0.1) is 0 Å². The van der Waals surface area contributed by atoms with Gasteiger partial charge in [-0.05, 0) is 13.1 Å². The molecule has 0 fully saturated rings. The fourth-order valence-corrected chi connectivity index (χ4v) is 1.21. The van der Waals surface area contributed by atoms with Gasteiger partial charge in [-0.25, -0.2) is 0 Å². The van der Waals surface area contributed by atoms with Gasteiger partial charge in [0.05, 0.1) is 6.04 Å². The van der Waals surface area contributed by atoms with Crippen molar-refractivity contribution in [3.05, 3.63) is 36.4 Å². The molecule has 11 heavy (non-hydrogen) atoms. The van der Waals surface area contributed by atoms with Gasteiger partial charge in [-0.2, -0.15) is 0 Å². The summed E-state index contributed by atoms with van der Waals surface area (Å²) < 4.78 is 5.19. The van der Waals surface area contributed by atoms with Crippen LogP contribution in [-0.4, -0.2) is 7.05 Å². The molecule has 0 saturated heterocycles. The van der Waals surface area contributed by atoms with E-state index < -0.39 is 0 Å². The van der Waals surface area contributed by atoms with Crippen LogP contribution in [-0.2, 0) is 0 Å². The monoisotopic (exact) mass is 147 g/mol. The van der Waals surface area contributed by atoms with E-state index in [2.05, 4.69) is 11.9 Å². The summed E-state index contributed by atoms with van der Waals surface area (Å²) in [6.07, 6.45) is 0. The largest absolute Gasteiger partial charge is 0.476 e. The smallest absolute Gasteiger partial charge is 0.219 e. The zero-order valence-corrected chi connectivity index (χ0v) is 6.29. The van der Waals surface area contributed by atoms with Crippen molar-refractivity contribution in [3.8, 4) is 5.75 Å². The first kappa shape index (κ1) is 6.68. The first-order valence-corrected chi connectivity index (χ1v) is 3.60. The summed E-state index contributed by atoms with van der Waals surface area (Å²) in [5, 5.41) is 3.08. The number of benzene rings is 1. The molecule has 2 nitrogen and oxygen atoms in total. The number of fused-ring (bicyclic) bond motifs is 1. The predicted molar refractivity (Wildman–Crippen MR) is 42.1 cm³/mol. The molecule has 1 aliphatic rings. The first-order valence-electron chi connectivity index (χ1n) is 3.60. The molecule has 1 N–H and O–H groups in total. The van der Waals surface area contributed by atoms with Crippen LogP contribution in [0.1, 0.15) is 11.6 Å². The zero-order valence-electron chi connectivity index (χ0n) is 6.29. The summed E-state index contributed by atoms with van der Waals surface area (Å²) >= 11 is 0. The lowest BCUT2D eigenvalue weighted by atomic mass is 10.1. The van der Waals surface area contributed by atoms with Crippen molar-refractivity contribution in [3.63, 3.8) is 0 Å². The van der Waals surface area contributed by atoms with Crippen LogP contribution in [0.25, 0.3) is 0 Å². The van der Waals surface area contributed by atoms with Crippen LogP contribution in [0.2, 0.25) is 0 Å². The van der Waals surface area contributed by atoms with Crippen LogP contribution in [0, 0.1) is 6.61 Å². The number of rotatable bonds is 1. The highest BCUT2D eigenvalue weighted by atomic mass is 16.5. The molecule has 56 valence electrons. The summed E-state index contributed by atoms with van der Waals surface area (Å²) in [5.41, 5.74) is 1.16. The summed E-state index contributed by atoms with van der Waals surface area (Å²) in [5.74, 6) is 0.909. The van der Waals surface area contributed by atoms with Crippen LogP contribution in [0.15, 0.2) is 24.3 Å². The molecule has 0 spiro atoms. The third-order valence-electron chi connectivity index (χ3n) is 1.81. The lowest BCUT2D eigenvalue weighted by Crippen LogP contribution is -2.13. The minimum Gasteiger partial charge on any atom is -0.476 e. The molecule has 2 rings (SSSR count). The number of ether oxygens (including phenoxy) is 1. The van der Waals surface area contributed by atoms with Gasteiger partial charge in [0, 0.05) is 5.56 Å². The van der Waals surface area contributed by atoms with Gasteiger partial charge < -0.3 is 10.1 Å². The van der Waals surface area contributed by atoms with Crippen molar-refractivity contribution in [2.24, 2.45) is 0 Å². The fourth-order valence-electron chi connectivity index (χ4n) is 1.21. The molecule has 1 aromatic carbocycles. The van der Waals surface area contributed by atoms with Crippen LogP contribution in [0.3, 0.4) is 0 Å². The fraction of sp³-hybridized carbons (Fsp3) is 0.222. The highest BCUT2D eigenvalue weighted by Gasteiger charge is 2.23. The Morgan fingerprint density at radius 1 is 1.45 bits per heavy atom. The highest BCUT2D eigenvalue weighted by Crippen LogP contribution is 2.33. The third-order valence-corrected chi connectivity index (χ3v) is 1.81. The van der Waals surface area contributed by atoms with Crippen molar-refractivity contribution >= 4 is 0 Å². The molecule has 1 atom stereocenters. The molecule has 2 heteroatoms. The molecule has 1 aliphatic heterocycles. The number of para-hydroxylation sites is 1. The van der Waals surface area contributed by atoms with Crippen LogP contribution in [0.5, 0.6) is 5.75 Å². The normalized spacial score (nSPS) is 21.0. The van der Waals surface area contributed by atoms with E-state index >= 15 is 0 Å². The lowest BCUT2D eigenvalue weighted by molar-refractivity contribution is 0.402. The van der Waals surface area contributed by atoms with Gasteiger partial charge >= 0.3 is 0 Å². The maximum Gasteiger partial charge on any atom is 0.219 e. The van der Waals surface area contributed by atoms with Gasteiger partial charge in [0.2, 0.25) is 6.61 Å². The lowest BCUT2D eigenvalue weighted by Gasteiger charge is -2.03. The van der Waals surface area contributed by atoms with E-state index in [1.54, 1.807) is 0 Å². The molecule has 0 aliphatic carbocycles. The Morgan fingerprint density at radius 2 is 2.27 bits per heavy atom. The van der Waals surface area contributed by atoms with Gasteiger partial charge in [0.1, 0.15) is 5.75 Å². The van der Waals surface area contributed by atoms with Crippen molar-refractivity contribution in [1.29, 1.82) is 0 Å². The summed E-state index contributed by atoms with van der Waals surface area (Å²) in [7, 11) is 1.89. The standard InChI is InChI=1S/C9H9NO/c1-10-8-6-11-9-5-3-2-4-7(8)9/h2-5,8,10H,1H3. The van der Waals surface area contributed by atoms with Gasteiger partial charge in [-0.1, -0.05) is 18.2 Å². The van der Waals surface area contributed by atoms with E-state index in [9.17, 15) is 0 Å². The van der Waals surface area contributed by atoms with Crippen molar-refractivity contribution in [2.75, 3.05) is 7.05 Å². The quantitative estimate of drug-likeness (QED) is 0.648. The van der Waals surface area contributed by atoms with Crippen LogP contribution >= 0.6 is 0 Å². The molecular weight excluding hydrogens is 138 g/mol. The minimum atomic E-state index is 0.131. The Labute approximate surface area is 66.2 Å². The Bertz CT molecular complexity index is 259. The SMILES string of the molecule is CNC1[C]Oc2ccccc21. The Kier molecular flexibility index (Phi) is 1.55. The van der Waals surface area contributed by atoms with Gasteiger partial charge in [0.25, 0.3) is 0 Å².